The topological polar surface area (TPSA) is 55.6 Å². The van der Waals surface area contributed by atoms with Crippen LogP contribution in [0.4, 0.5) is 23.4 Å². The van der Waals surface area contributed by atoms with Crippen LogP contribution in [0.15, 0.2) is 18.3 Å². The molecule has 136 valence electrons. The summed E-state index contributed by atoms with van der Waals surface area (Å²) >= 11 is 0. The summed E-state index contributed by atoms with van der Waals surface area (Å²) in [5, 5.41) is 7.12. The van der Waals surface area contributed by atoms with Crippen LogP contribution in [0.3, 0.4) is 0 Å². The summed E-state index contributed by atoms with van der Waals surface area (Å²) in [7, 11) is 0. The average molecular weight is 357 g/mol. The van der Waals surface area contributed by atoms with E-state index in [0.717, 1.165) is 13.0 Å². The molecule has 1 N–H and O–H groups in total. The molecule has 0 aromatic carbocycles. The summed E-state index contributed by atoms with van der Waals surface area (Å²) in [6.45, 7) is 2.51. The van der Waals surface area contributed by atoms with Gasteiger partial charge in [-0.2, -0.15) is 18.9 Å². The number of alkyl halides is 4. The van der Waals surface area contributed by atoms with Crippen molar-refractivity contribution in [3.8, 4) is 5.95 Å². The van der Waals surface area contributed by atoms with Crippen molar-refractivity contribution in [1.82, 2.24) is 19.7 Å². The lowest BCUT2D eigenvalue weighted by Gasteiger charge is -2.29. The quantitative estimate of drug-likeness (QED) is 0.838. The number of aryl methyl sites for hydroxylation is 1. The molecule has 9 heteroatoms. The second-order valence-corrected chi connectivity index (χ2v) is 6.50. The Morgan fingerprint density at radius 3 is 2.48 bits per heavy atom. The van der Waals surface area contributed by atoms with Crippen LogP contribution in [-0.4, -0.2) is 31.7 Å². The van der Waals surface area contributed by atoms with Crippen LogP contribution in [0.25, 0.3) is 5.95 Å². The van der Waals surface area contributed by atoms with Crippen molar-refractivity contribution in [3.63, 3.8) is 0 Å². The van der Waals surface area contributed by atoms with Crippen LogP contribution in [0, 0.1) is 6.92 Å². The van der Waals surface area contributed by atoms with E-state index in [1.807, 2.05) is 0 Å². The van der Waals surface area contributed by atoms with E-state index in [4.69, 9.17) is 0 Å². The monoisotopic (exact) mass is 357 g/mol. The first kappa shape index (κ1) is 17.6. The van der Waals surface area contributed by atoms with Crippen molar-refractivity contribution in [2.75, 3.05) is 5.32 Å². The Bertz CT molecular complexity index is 743. The molecule has 25 heavy (non-hydrogen) atoms. The minimum Gasteiger partial charge on any atom is -0.367 e. The molecule has 1 saturated carbocycles. The molecule has 2 aromatic rings. The highest BCUT2D eigenvalue weighted by Crippen LogP contribution is 2.34. The second-order valence-electron chi connectivity index (χ2n) is 6.50. The number of halogens is 4. The first-order valence-electron chi connectivity index (χ1n) is 8.07. The minimum atomic E-state index is -3.16. The maximum absolute atomic E-state index is 13.8. The van der Waals surface area contributed by atoms with Gasteiger partial charge >= 0.3 is 0 Å². The van der Waals surface area contributed by atoms with Crippen LogP contribution in [-0.2, 0) is 5.92 Å². The standard InChI is InChI=1S/C16H19F4N5/c1-10-5-8-25(24-10)14-22-12(15(2,17)18)9-13(23-14)21-11-3-6-16(19,20)7-4-11/h5,8-9,11H,3-4,6-7H2,1-2H3,(H,21,22,23). The zero-order valence-corrected chi connectivity index (χ0v) is 13.9. The summed E-state index contributed by atoms with van der Waals surface area (Å²) < 4.78 is 55.4. The Kier molecular flexibility index (Phi) is 4.42. The molecule has 0 bridgehead atoms. The van der Waals surface area contributed by atoms with Crippen molar-refractivity contribution < 1.29 is 17.6 Å². The zero-order chi connectivity index (χ0) is 18.2. The fraction of sp³-hybridized carbons (Fsp3) is 0.562. The summed E-state index contributed by atoms with van der Waals surface area (Å²) in [5.41, 5.74) is 0.246. The fourth-order valence-electron chi connectivity index (χ4n) is 2.76. The van der Waals surface area contributed by atoms with Gasteiger partial charge in [0.15, 0.2) is 0 Å². The van der Waals surface area contributed by atoms with E-state index in [1.54, 1.807) is 19.2 Å². The predicted octanol–water partition coefficient (Wildman–Crippen LogP) is 4.07. The van der Waals surface area contributed by atoms with E-state index in [1.165, 1.54) is 4.68 Å². The van der Waals surface area contributed by atoms with Crippen molar-refractivity contribution in [2.45, 2.75) is 57.4 Å². The molecule has 0 spiro atoms. The Morgan fingerprint density at radius 1 is 1.24 bits per heavy atom. The van der Waals surface area contributed by atoms with Gasteiger partial charge in [0.1, 0.15) is 11.5 Å². The van der Waals surface area contributed by atoms with E-state index in [-0.39, 0.29) is 43.5 Å². The summed E-state index contributed by atoms with van der Waals surface area (Å²) in [6, 6.07) is 2.63. The maximum atomic E-state index is 13.8. The number of aromatic nitrogens is 4. The predicted molar refractivity (Wildman–Crippen MR) is 84.3 cm³/mol. The van der Waals surface area contributed by atoms with Crippen molar-refractivity contribution in [2.24, 2.45) is 0 Å². The molecule has 0 atom stereocenters. The van der Waals surface area contributed by atoms with E-state index < -0.39 is 17.5 Å². The molecule has 0 aliphatic heterocycles. The lowest BCUT2D eigenvalue weighted by molar-refractivity contribution is -0.0361. The summed E-state index contributed by atoms with van der Waals surface area (Å²) in [5.74, 6) is -5.61. The highest BCUT2D eigenvalue weighted by molar-refractivity contribution is 5.41. The van der Waals surface area contributed by atoms with Crippen LogP contribution >= 0.6 is 0 Å². The van der Waals surface area contributed by atoms with Gasteiger partial charge in [0.25, 0.3) is 11.9 Å². The summed E-state index contributed by atoms with van der Waals surface area (Å²) in [6.07, 6.45) is 1.64. The average Bonchev–Trinajstić information content (AvgIpc) is 2.95. The Morgan fingerprint density at radius 2 is 1.92 bits per heavy atom. The normalized spacial score (nSPS) is 18.3. The van der Waals surface area contributed by atoms with Gasteiger partial charge in [0.2, 0.25) is 5.92 Å². The fourth-order valence-corrected chi connectivity index (χ4v) is 2.76. The zero-order valence-electron chi connectivity index (χ0n) is 13.9. The van der Waals surface area contributed by atoms with Gasteiger partial charge in [-0.3, -0.25) is 0 Å². The lowest BCUT2D eigenvalue weighted by Crippen LogP contribution is -2.32. The van der Waals surface area contributed by atoms with Crippen molar-refractivity contribution >= 4 is 5.82 Å². The van der Waals surface area contributed by atoms with Crippen LogP contribution in [0.1, 0.15) is 44.0 Å². The number of anilines is 1. The van der Waals surface area contributed by atoms with E-state index in [2.05, 4.69) is 20.4 Å². The molecular weight excluding hydrogens is 338 g/mol. The summed E-state index contributed by atoms with van der Waals surface area (Å²) in [4.78, 5) is 8.10. The largest absolute Gasteiger partial charge is 0.367 e. The van der Waals surface area contributed by atoms with Gasteiger partial charge in [0, 0.05) is 38.1 Å². The van der Waals surface area contributed by atoms with E-state index in [9.17, 15) is 17.6 Å². The number of hydrogen-bond donors (Lipinski definition) is 1. The third kappa shape index (κ3) is 4.26. The lowest BCUT2D eigenvalue weighted by atomic mass is 9.92. The molecule has 1 fully saturated rings. The first-order chi connectivity index (χ1) is 11.6. The van der Waals surface area contributed by atoms with Gasteiger partial charge in [-0.15, -0.1) is 0 Å². The molecular formula is C16H19F4N5. The van der Waals surface area contributed by atoms with Gasteiger partial charge in [0.05, 0.1) is 5.69 Å². The van der Waals surface area contributed by atoms with Gasteiger partial charge in [-0.05, 0) is 25.8 Å². The van der Waals surface area contributed by atoms with E-state index in [0.29, 0.717) is 5.69 Å². The van der Waals surface area contributed by atoms with Gasteiger partial charge < -0.3 is 5.32 Å². The molecule has 0 unspecified atom stereocenters. The highest BCUT2D eigenvalue weighted by atomic mass is 19.3. The molecule has 2 heterocycles. The van der Waals surface area contributed by atoms with Gasteiger partial charge in [-0.25, -0.2) is 18.4 Å². The number of hydrogen-bond acceptors (Lipinski definition) is 4. The van der Waals surface area contributed by atoms with E-state index >= 15 is 0 Å². The Balaban J connectivity index is 1.88. The Hall–Kier alpha value is -2.19. The first-order valence-corrected chi connectivity index (χ1v) is 8.07. The molecule has 0 radical (unpaired) electrons. The molecule has 1 aliphatic carbocycles. The number of rotatable bonds is 4. The molecule has 1 aliphatic rings. The molecule has 5 nitrogen and oxygen atoms in total. The Labute approximate surface area is 142 Å². The second kappa shape index (κ2) is 6.27. The van der Waals surface area contributed by atoms with Crippen LogP contribution < -0.4 is 5.32 Å². The van der Waals surface area contributed by atoms with Crippen LogP contribution in [0.5, 0.6) is 0 Å². The third-order valence-electron chi connectivity index (χ3n) is 4.16. The number of nitrogens with zero attached hydrogens (tertiary/aromatic N) is 4. The minimum absolute atomic E-state index is 0.00997. The van der Waals surface area contributed by atoms with Crippen LogP contribution in [0.2, 0.25) is 0 Å². The number of nitrogens with one attached hydrogen (secondary N) is 1. The molecule has 3 rings (SSSR count). The van der Waals surface area contributed by atoms with Crippen molar-refractivity contribution in [1.29, 1.82) is 0 Å². The SMILES string of the molecule is Cc1ccn(-c2nc(NC3CCC(F)(F)CC3)cc(C(C)(F)F)n2)n1. The molecule has 0 saturated heterocycles. The smallest absolute Gasteiger partial charge is 0.287 e. The maximum Gasteiger partial charge on any atom is 0.287 e. The molecule has 2 aromatic heterocycles. The van der Waals surface area contributed by atoms with Gasteiger partial charge in [-0.1, -0.05) is 0 Å². The molecule has 0 amide bonds. The highest BCUT2D eigenvalue weighted by Gasteiger charge is 2.35. The third-order valence-corrected chi connectivity index (χ3v) is 4.16. The van der Waals surface area contributed by atoms with Crippen molar-refractivity contribution in [3.05, 3.63) is 29.7 Å².